The van der Waals surface area contributed by atoms with Crippen molar-refractivity contribution in [3.8, 4) is 5.75 Å². The van der Waals surface area contributed by atoms with Gasteiger partial charge in [-0.3, -0.25) is 25.2 Å². The highest BCUT2D eigenvalue weighted by Crippen LogP contribution is 2.08. The van der Waals surface area contributed by atoms with Gasteiger partial charge < -0.3 is 15.2 Å². The number of aromatic hydroxyl groups is 1. The van der Waals surface area contributed by atoms with Gasteiger partial charge in [-0.25, -0.2) is 0 Å². The first-order valence-electron chi connectivity index (χ1n) is 6.77. The second kappa shape index (κ2) is 9.36. The Labute approximate surface area is 138 Å². The molecule has 0 atom stereocenters. The van der Waals surface area contributed by atoms with Crippen LogP contribution in [0.3, 0.4) is 0 Å². The fourth-order valence-corrected chi connectivity index (χ4v) is 1.63. The molecule has 0 fully saturated rings. The summed E-state index contributed by atoms with van der Waals surface area (Å²) < 4.78 is 4.69. The topological polar surface area (TPSA) is 117 Å². The molecule has 0 aliphatic carbocycles. The molecule has 0 radical (unpaired) electrons. The average molecular weight is 339 g/mol. The number of amides is 2. The SMILES string of the molecule is CCOC(=O)CCC(=O)NC(=S)NNC(=O)c1ccc(O)cc1. The van der Waals surface area contributed by atoms with Gasteiger partial charge in [-0.05, 0) is 43.4 Å². The number of carbonyl (C=O) groups is 3. The maximum absolute atomic E-state index is 11.7. The van der Waals surface area contributed by atoms with Crippen molar-refractivity contribution in [1.29, 1.82) is 0 Å². The van der Waals surface area contributed by atoms with Crippen LogP contribution in [0.2, 0.25) is 0 Å². The minimum absolute atomic E-state index is 0.0406. The Morgan fingerprint density at radius 3 is 2.39 bits per heavy atom. The first-order valence-corrected chi connectivity index (χ1v) is 7.18. The monoisotopic (exact) mass is 339 g/mol. The zero-order valence-corrected chi connectivity index (χ0v) is 13.2. The van der Waals surface area contributed by atoms with Crippen LogP contribution in [0, 0.1) is 0 Å². The molecule has 0 bridgehead atoms. The number of hydrogen-bond donors (Lipinski definition) is 4. The van der Waals surface area contributed by atoms with Crippen molar-refractivity contribution >= 4 is 35.1 Å². The lowest BCUT2D eigenvalue weighted by Gasteiger charge is -2.10. The summed E-state index contributed by atoms with van der Waals surface area (Å²) in [7, 11) is 0. The molecule has 9 heteroatoms. The molecule has 4 N–H and O–H groups in total. The summed E-state index contributed by atoms with van der Waals surface area (Å²) in [6.07, 6.45) is -0.130. The van der Waals surface area contributed by atoms with Gasteiger partial charge in [-0.1, -0.05) is 0 Å². The first kappa shape index (κ1) is 18.4. The standard InChI is InChI=1S/C14H17N3O5S/c1-2-22-12(20)8-7-11(19)15-14(23)17-16-13(21)9-3-5-10(18)6-4-9/h3-6,18H,2,7-8H2,1H3,(H,16,21)(H2,15,17,19,23). The number of carbonyl (C=O) groups excluding carboxylic acids is 3. The normalized spacial score (nSPS) is 9.61. The number of phenols is 1. The van der Waals surface area contributed by atoms with Crippen LogP contribution in [-0.4, -0.2) is 34.6 Å². The maximum Gasteiger partial charge on any atom is 0.306 e. The number of hydrazine groups is 1. The van der Waals surface area contributed by atoms with Gasteiger partial charge in [0.05, 0.1) is 13.0 Å². The van der Waals surface area contributed by atoms with Gasteiger partial charge in [0.25, 0.3) is 5.91 Å². The summed E-state index contributed by atoms with van der Waals surface area (Å²) in [5.41, 5.74) is 4.95. The summed E-state index contributed by atoms with van der Waals surface area (Å²) >= 11 is 4.84. The second-order valence-corrected chi connectivity index (χ2v) is 4.72. The van der Waals surface area contributed by atoms with Crippen LogP contribution in [0.1, 0.15) is 30.1 Å². The molecule has 0 aliphatic heterocycles. The molecule has 1 aromatic carbocycles. The second-order valence-electron chi connectivity index (χ2n) is 4.31. The van der Waals surface area contributed by atoms with E-state index >= 15 is 0 Å². The molecule has 0 aliphatic rings. The summed E-state index contributed by atoms with van der Waals surface area (Å²) in [6.45, 7) is 1.93. The average Bonchev–Trinajstić information content (AvgIpc) is 2.51. The van der Waals surface area contributed by atoms with Crippen molar-refractivity contribution in [2.75, 3.05) is 6.61 Å². The van der Waals surface area contributed by atoms with Crippen molar-refractivity contribution in [1.82, 2.24) is 16.2 Å². The van der Waals surface area contributed by atoms with Crippen LogP contribution >= 0.6 is 12.2 Å². The van der Waals surface area contributed by atoms with E-state index in [0.29, 0.717) is 5.56 Å². The van der Waals surface area contributed by atoms with Gasteiger partial charge in [0.1, 0.15) is 5.75 Å². The van der Waals surface area contributed by atoms with E-state index in [2.05, 4.69) is 16.2 Å². The summed E-state index contributed by atoms with van der Waals surface area (Å²) in [4.78, 5) is 34.4. The predicted molar refractivity (Wildman–Crippen MR) is 85.3 cm³/mol. The van der Waals surface area contributed by atoms with E-state index in [1.54, 1.807) is 6.92 Å². The van der Waals surface area contributed by atoms with E-state index in [-0.39, 0.29) is 30.3 Å². The van der Waals surface area contributed by atoms with Gasteiger partial charge in [-0.2, -0.15) is 0 Å². The Morgan fingerprint density at radius 1 is 1.13 bits per heavy atom. The Morgan fingerprint density at radius 2 is 1.78 bits per heavy atom. The Bertz CT molecular complexity index is 589. The molecule has 8 nitrogen and oxygen atoms in total. The van der Waals surface area contributed by atoms with Gasteiger partial charge in [0, 0.05) is 12.0 Å². The van der Waals surface area contributed by atoms with Crippen LogP contribution in [0.5, 0.6) is 5.75 Å². The lowest BCUT2D eigenvalue weighted by atomic mass is 10.2. The number of phenolic OH excluding ortho intramolecular Hbond substituents is 1. The highest BCUT2D eigenvalue weighted by atomic mass is 32.1. The van der Waals surface area contributed by atoms with E-state index in [0.717, 1.165) is 0 Å². The lowest BCUT2D eigenvalue weighted by Crippen LogP contribution is -2.48. The molecule has 0 heterocycles. The van der Waals surface area contributed by atoms with Crippen molar-refractivity contribution < 1.29 is 24.2 Å². The highest BCUT2D eigenvalue weighted by molar-refractivity contribution is 7.80. The predicted octanol–water partition coefficient (Wildman–Crippen LogP) is 0.371. The third-order valence-corrected chi connectivity index (χ3v) is 2.74. The quantitative estimate of drug-likeness (QED) is 0.348. The molecule has 1 aromatic rings. The van der Waals surface area contributed by atoms with Crippen LogP contribution in [-0.2, 0) is 14.3 Å². The molecule has 0 saturated carbocycles. The van der Waals surface area contributed by atoms with Gasteiger partial charge >= 0.3 is 5.97 Å². The van der Waals surface area contributed by atoms with Crippen molar-refractivity contribution in [3.05, 3.63) is 29.8 Å². The number of thiocarbonyl (C=S) groups is 1. The minimum atomic E-state index is -0.492. The third kappa shape index (κ3) is 7.23. The zero-order chi connectivity index (χ0) is 17.2. The summed E-state index contributed by atoms with van der Waals surface area (Å²) in [5, 5.41) is 11.3. The Kier molecular flexibility index (Phi) is 7.48. The number of hydrogen-bond acceptors (Lipinski definition) is 6. The molecular formula is C14H17N3O5S. The van der Waals surface area contributed by atoms with Crippen molar-refractivity contribution in [2.45, 2.75) is 19.8 Å². The van der Waals surface area contributed by atoms with E-state index in [1.165, 1.54) is 24.3 Å². The Balaban J connectivity index is 2.30. The lowest BCUT2D eigenvalue weighted by molar-refractivity contribution is -0.144. The van der Waals surface area contributed by atoms with Crippen molar-refractivity contribution in [2.24, 2.45) is 0 Å². The fraction of sp³-hybridized carbons (Fsp3) is 0.286. The van der Waals surface area contributed by atoms with Crippen LogP contribution in [0.4, 0.5) is 0 Å². The molecule has 2 amide bonds. The molecule has 0 saturated heterocycles. The zero-order valence-electron chi connectivity index (χ0n) is 12.4. The molecule has 1 rings (SSSR count). The van der Waals surface area contributed by atoms with Gasteiger partial charge in [-0.15, -0.1) is 0 Å². The number of esters is 1. The van der Waals surface area contributed by atoms with E-state index in [4.69, 9.17) is 22.1 Å². The fourth-order valence-electron chi connectivity index (χ4n) is 1.47. The first-order chi connectivity index (χ1) is 10.9. The molecule has 0 spiro atoms. The van der Waals surface area contributed by atoms with Crippen LogP contribution < -0.4 is 16.2 Å². The smallest absolute Gasteiger partial charge is 0.306 e. The van der Waals surface area contributed by atoms with Gasteiger partial charge in [0.15, 0.2) is 5.11 Å². The van der Waals surface area contributed by atoms with E-state index < -0.39 is 17.8 Å². The number of nitrogens with one attached hydrogen (secondary N) is 3. The van der Waals surface area contributed by atoms with Crippen LogP contribution in [0.25, 0.3) is 0 Å². The number of rotatable bonds is 5. The summed E-state index contributed by atoms with van der Waals surface area (Å²) in [5.74, 6) is -1.40. The molecular weight excluding hydrogens is 322 g/mol. The number of benzene rings is 1. The van der Waals surface area contributed by atoms with E-state index in [1.807, 2.05) is 0 Å². The highest BCUT2D eigenvalue weighted by Gasteiger charge is 2.10. The molecule has 0 unspecified atom stereocenters. The number of ether oxygens (including phenoxy) is 1. The van der Waals surface area contributed by atoms with Crippen molar-refractivity contribution in [3.63, 3.8) is 0 Å². The Hall–Kier alpha value is -2.68. The third-order valence-electron chi connectivity index (χ3n) is 2.53. The molecule has 23 heavy (non-hydrogen) atoms. The molecule has 0 aromatic heterocycles. The minimum Gasteiger partial charge on any atom is -0.508 e. The van der Waals surface area contributed by atoms with E-state index in [9.17, 15) is 14.4 Å². The molecule has 124 valence electrons. The van der Waals surface area contributed by atoms with Gasteiger partial charge in [0.2, 0.25) is 5.91 Å². The summed E-state index contributed by atoms with van der Waals surface area (Å²) in [6, 6.07) is 5.58. The largest absolute Gasteiger partial charge is 0.508 e. The van der Waals surface area contributed by atoms with Crippen LogP contribution in [0.15, 0.2) is 24.3 Å². The maximum atomic E-state index is 11.7.